The highest BCUT2D eigenvalue weighted by molar-refractivity contribution is 6.32. The number of methoxy groups -OCH3 is 2. The number of carbonyl (C=O) groups is 1. The molecule has 1 N–H and O–H groups in total. The van der Waals surface area contributed by atoms with Crippen molar-refractivity contribution in [1.29, 1.82) is 0 Å². The first-order chi connectivity index (χ1) is 13.0. The van der Waals surface area contributed by atoms with E-state index in [0.717, 1.165) is 31.0 Å². The Bertz CT molecular complexity index is 825. The Labute approximate surface area is 163 Å². The number of aromatic nitrogens is 2. The summed E-state index contributed by atoms with van der Waals surface area (Å²) in [5.41, 5.74) is 1.49. The van der Waals surface area contributed by atoms with Crippen LogP contribution in [0.3, 0.4) is 0 Å². The summed E-state index contributed by atoms with van der Waals surface area (Å²) in [6.45, 7) is 4.73. The van der Waals surface area contributed by atoms with E-state index in [4.69, 9.17) is 21.1 Å². The van der Waals surface area contributed by atoms with Crippen LogP contribution in [0.15, 0.2) is 18.2 Å². The molecule has 1 saturated heterocycles. The molecular formula is C18H22ClN5O3. The molecule has 0 saturated carbocycles. The van der Waals surface area contributed by atoms with Gasteiger partial charge in [-0.15, -0.1) is 0 Å². The van der Waals surface area contributed by atoms with E-state index in [2.05, 4.69) is 20.2 Å². The second kappa shape index (κ2) is 8.30. The first-order valence-electron chi connectivity index (χ1n) is 8.52. The van der Waals surface area contributed by atoms with E-state index in [0.29, 0.717) is 41.2 Å². The van der Waals surface area contributed by atoms with Gasteiger partial charge in [-0.05, 0) is 6.92 Å². The van der Waals surface area contributed by atoms with Gasteiger partial charge in [0.1, 0.15) is 17.3 Å². The largest absolute Gasteiger partial charge is 0.495 e. The summed E-state index contributed by atoms with van der Waals surface area (Å²) < 4.78 is 10.7. The maximum absolute atomic E-state index is 10.9. The van der Waals surface area contributed by atoms with E-state index in [-0.39, 0.29) is 0 Å². The van der Waals surface area contributed by atoms with Crippen LogP contribution in [-0.4, -0.2) is 61.7 Å². The van der Waals surface area contributed by atoms with Gasteiger partial charge in [0.25, 0.3) is 0 Å². The van der Waals surface area contributed by atoms with Crippen molar-refractivity contribution in [2.75, 3.05) is 50.6 Å². The second-order valence-corrected chi connectivity index (χ2v) is 6.54. The summed E-state index contributed by atoms with van der Waals surface area (Å²) >= 11 is 6.16. The number of hydrogen-bond acceptors (Lipinski definition) is 7. The second-order valence-electron chi connectivity index (χ2n) is 6.13. The smallest absolute Gasteiger partial charge is 0.229 e. The molecule has 1 aromatic carbocycles. The van der Waals surface area contributed by atoms with E-state index in [9.17, 15) is 4.79 Å². The lowest BCUT2D eigenvalue weighted by atomic mass is 10.2. The predicted octanol–water partition coefficient (Wildman–Crippen LogP) is 2.48. The molecule has 9 heteroatoms. The van der Waals surface area contributed by atoms with Crippen LogP contribution in [0.5, 0.6) is 11.5 Å². The fourth-order valence-corrected chi connectivity index (χ4v) is 3.14. The predicted molar refractivity (Wildman–Crippen MR) is 104 cm³/mol. The normalized spacial score (nSPS) is 14.1. The maximum atomic E-state index is 10.9. The zero-order chi connectivity index (χ0) is 19.4. The minimum absolute atomic E-state index is 0.450. The molecule has 2 aromatic rings. The summed E-state index contributed by atoms with van der Waals surface area (Å²) in [4.78, 5) is 23.9. The average Bonchev–Trinajstić information content (AvgIpc) is 2.68. The molecule has 27 heavy (non-hydrogen) atoms. The van der Waals surface area contributed by atoms with Gasteiger partial charge in [-0.25, -0.2) is 4.98 Å². The number of aryl methyl sites for hydroxylation is 1. The Kier molecular flexibility index (Phi) is 5.85. The van der Waals surface area contributed by atoms with Gasteiger partial charge in [-0.3, -0.25) is 4.79 Å². The highest BCUT2D eigenvalue weighted by Gasteiger charge is 2.18. The van der Waals surface area contributed by atoms with Crippen LogP contribution in [-0.2, 0) is 4.79 Å². The third-order valence-electron chi connectivity index (χ3n) is 4.35. The molecule has 1 aliphatic rings. The van der Waals surface area contributed by atoms with E-state index in [1.54, 1.807) is 31.3 Å². The molecule has 144 valence electrons. The molecule has 0 atom stereocenters. The summed E-state index contributed by atoms with van der Waals surface area (Å²) in [6, 6.07) is 5.36. The molecule has 0 unspecified atom stereocenters. The van der Waals surface area contributed by atoms with Gasteiger partial charge in [0.2, 0.25) is 12.4 Å². The van der Waals surface area contributed by atoms with Gasteiger partial charge in [0, 0.05) is 50.1 Å². The standard InChI is InChI=1S/C18H22ClN5O3/c1-12-8-17(24-6-4-23(11-25)5-7-24)22-18(20-12)21-14-10-15(26-2)13(19)9-16(14)27-3/h8-11H,4-7H2,1-3H3,(H,20,21,22). The molecule has 1 aliphatic heterocycles. The molecular weight excluding hydrogens is 370 g/mol. The number of halogens is 1. The van der Waals surface area contributed by atoms with Crippen LogP contribution < -0.4 is 19.7 Å². The van der Waals surface area contributed by atoms with Gasteiger partial charge in [0.05, 0.1) is 24.9 Å². The third-order valence-corrected chi connectivity index (χ3v) is 4.64. The molecule has 1 aromatic heterocycles. The summed E-state index contributed by atoms with van der Waals surface area (Å²) in [5, 5.41) is 3.64. The molecule has 3 rings (SSSR count). The van der Waals surface area contributed by atoms with Crippen molar-refractivity contribution in [1.82, 2.24) is 14.9 Å². The number of carbonyl (C=O) groups excluding carboxylic acids is 1. The topological polar surface area (TPSA) is 79.8 Å². The van der Waals surface area contributed by atoms with Gasteiger partial charge in [-0.1, -0.05) is 11.6 Å². The fourth-order valence-electron chi connectivity index (χ4n) is 2.90. The Balaban J connectivity index is 1.86. The van der Waals surface area contributed by atoms with Crippen LogP contribution in [0, 0.1) is 6.92 Å². The van der Waals surface area contributed by atoms with Crippen molar-refractivity contribution in [2.24, 2.45) is 0 Å². The number of ether oxygens (including phenoxy) is 2. The zero-order valence-corrected chi connectivity index (χ0v) is 16.3. The van der Waals surface area contributed by atoms with Crippen LogP contribution in [0.1, 0.15) is 5.69 Å². The molecule has 0 aliphatic carbocycles. The van der Waals surface area contributed by atoms with Crippen LogP contribution in [0.2, 0.25) is 5.02 Å². The molecule has 1 amide bonds. The molecule has 0 radical (unpaired) electrons. The number of hydrogen-bond donors (Lipinski definition) is 1. The highest BCUT2D eigenvalue weighted by atomic mass is 35.5. The number of nitrogens with zero attached hydrogens (tertiary/aromatic N) is 4. The molecule has 1 fully saturated rings. The van der Waals surface area contributed by atoms with Crippen LogP contribution in [0.4, 0.5) is 17.5 Å². The van der Waals surface area contributed by atoms with Gasteiger partial charge in [0.15, 0.2) is 0 Å². The van der Waals surface area contributed by atoms with E-state index in [1.165, 1.54) is 0 Å². The fraction of sp³-hybridized carbons (Fsp3) is 0.389. The Morgan fingerprint density at radius 2 is 1.78 bits per heavy atom. The molecule has 0 spiro atoms. The molecule has 8 nitrogen and oxygen atoms in total. The first kappa shape index (κ1) is 19.0. The SMILES string of the molecule is COc1cc(Nc2nc(C)cc(N3CCN(C=O)CC3)n2)c(OC)cc1Cl. The monoisotopic (exact) mass is 391 g/mol. The Hall–Kier alpha value is -2.74. The van der Waals surface area contributed by atoms with E-state index >= 15 is 0 Å². The molecule has 2 heterocycles. The highest BCUT2D eigenvalue weighted by Crippen LogP contribution is 2.37. The number of rotatable bonds is 6. The van der Waals surface area contributed by atoms with Crippen LogP contribution in [0.25, 0.3) is 0 Å². The Morgan fingerprint density at radius 1 is 1.07 bits per heavy atom. The third kappa shape index (κ3) is 4.33. The van der Waals surface area contributed by atoms with Gasteiger partial charge < -0.3 is 24.6 Å². The van der Waals surface area contributed by atoms with Crippen molar-refractivity contribution in [3.05, 3.63) is 28.9 Å². The average molecular weight is 392 g/mol. The zero-order valence-electron chi connectivity index (χ0n) is 15.5. The van der Waals surface area contributed by atoms with Crippen LogP contribution >= 0.6 is 11.6 Å². The van der Waals surface area contributed by atoms with E-state index < -0.39 is 0 Å². The lowest BCUT2D eigenvalue weighted by Crippen LogP contribution is -2.46. The van der Waals surface area contributed by atoms with Crippen molar-refractivity contribution in [3.63, 3.8) is 0 Å². The quantitative estimate of drug-likeness (QED) is 0.757. The minimum Gasteiger partial charge on any atom is -0.495 e. The number of anilines is 3. The van der Waals surface area contributed by atoms with Gasteiger partial charge >= 0.3 is 0 Å². The number of benzene rings is 1. The van der Waals surface area contributed by atoms with Crippen molar-refractivity contribution >= 4 is 35.5 Å². The number of piperazine rings is 1. The summed E-state index contributed by atoms with van der Waals surface area (Å²) in [6.07, 6.45) is 0.885. The Morgan fingerprint density at radius 3 is 2.41 bits per heavy atom. The maximum Gasteiger partial charge on any atom is 0.229 e. The van der Waals surface area contributed by atoms with Crippen molar-refractivity contribution in [3.8, 4) is 11.5 Å². The lowest BCUT2D eigenvalue weighted by Gasteiger charge is -2.33. The first-order valence-corrected chi connectivity index (χ1v) is 8.90. The van der Waals surface area contributed by atoms with Gasteiger partial charge in [-0.2, -0.15) is 4.98 Å². The minimum atomic E-state index is 0.450. The molecule has 0 bridgehead atoms. The number of nitrogens with one attached hydrogen (secondary N) is 1. The summed E-state index contributed by atoms with van der Waals surface area (Å²) in [7, 11) is 3.12. The summed E-state index contributed by atoms with van der Waals surface area (Å²) in [5.74, 6) is 2.35. The number of amides is 1. The van der Waals surface area contributed by atoms with E-state index in [1.807, 2.05) is 13.0 Å². The lowest BCUT2D eigenvalue weighted by molar-refractivity contribution is -0.118. The van der Waals surface area contributed by atoms with Crippen molar-refractivity contribution < 1.29 is 14.3 Å². The van der Waals surface area contributed by atoms with Crippen molar-refractivity contribution in [2.45, 2.75) is 6.92 Å².